The molecule has 5 aromatic carbocycles. The molecule has 9 rings (SSSR count). The number of benzene rings is 5. The van der Waals surface area contributed by atoms with Gasteiger partial charge in [0.05, 0.1) is 8.07 Å². The summed E-state index contributed by atoms with van der Waals surface area (Å²) in [6.45, 7) is 2.72. The van der Waals surface area contributed by atoms with Gasteiger partial charge in [0, 0.05) is 11.1 Å². The van der Waals surface area contributed by atoms with Gasteiger partial charge in [-0.15, -0.1) is 0 Å². The van der Waals surface area contributed by atoms with E-state index in [0.717, 1.165) is 0 Å². The average molecular weight is 721 g/mol. The van der Waals surface area contributed by atoms with Gasteiger partial charge in [0.25, 0.3) is 0 Å². The smallest absolute Gasteiger partial charge is 0.0791 e. The van der Waals surface area contributed by atoms with Crippen molar-refractivity contribution in [2.75, 3.05) is 0 Å². The highest BCUT2D eigenvalue weighted by molar-refractivity contribution is 6.95. The molecular formula is C51H52Si2. The molecule has 5 aromatic rings. The summed E-state index contributed by atoms with van der Waals surface area (Å²) in [5.41, 5.74) is 14.1. The molecule has 0 heterocycles. The van der Waals surface area contributed by atoms with E-state index in [2.05, 4.69) is 183 Å². The molecule has 4 unspecified atom stereocenters. The molecular weight excluding hydrogens is 669 g/mol. The van der Waals surface area contributed by atoms with E-state index < -0.39 is 16.1 Å². The Hall–Kier alpha value is -4.51. The second-order valence-electron chi connectivity index (χ2n) is 16.4. The molecule has 0 nitrogen and oxygen atoms in total. The van der Waals surface area contributed by atoms with Crippen LogP contribution in [0.2, 0.25) is 18.6 Å². The van der Waals surface area contributed by atoms with Crippen LogP contribution in [-0.2, 0) is 0 Å². The lowest BCUT2D eigenvalue weighted by atomic mass is 10.1. The van der Waals surface area contributed by atoms with Crippen LogP contribution in [-0.4, -0.2) is 16.1 Å². The molecule has 53 heavy (non-hydrogen) atoms. The highest BCUT2D eigenvalue weighted by Crippen LogP contribution is 2.51. The zero-order valence-corrected chi connectivity index (χ0v) is 33.2. The first-order valence-electron chi connectivity index (χ1n) is 20.3. The molecule has 0 saturated heterocycles. The molecule has 0 aromatic heterocycles. The third-order valence-electron chi connectivity index (χ3n) is 13.6. The minimum absolute atomic E-state index is 0.481. The Balaban J connectivity index is 0.904. The Kier molecular flexibility index (Phi) is 9.52. The van der Waals surface area contributed by atoms with Crippen molar-refractivity contribution < 1.29 is 0 Å². The van der Waals surface area contributed by atoms with E-state index in [1.807, 2.05) is 0 Å². The monoisotopic (exact) mass is 720 g/mol. The molecule has 0 saturated carbocycles. The van der Waals surface area contributed by atoms with Gasteiger partial charge in [-0.3, -0.25) is 0 Å². The maximum Gasteiger partial charge on any atom is 0.109 e. The third-order valence-corrected chi connectivity index (χ3v) is 24.7. The summed E-state index contributed by atoms with van der Waals surface area (Å²) in [6, 6.07) is 51.3. The van der Waals surface area contributed by atoms with Gasteiger partial charge in [-0.05, 0) is 55.6 Å². The minimum atomic E-state index is -2.18. The van der Waals surface area contributed by atoms with Crippen molar-refractivity contribution >= 4 is 45.6 Å². The van der Waals surface area contributed by atoms with Gasteiger partial charge in [-0.2, -0.15) is 0 Å². The number of rotatable bonds is 14. The lowest BCUT2D eigenvalue weighted by Crippen LogP contribution is -2.57. The third kappa shape index (κ3) is 6.14. The second kappa shape index (κ2) is 14.7. The highest BCUT2D eigenvalue weighted by Gasteiger charge is 2.51. The van der Waals surface area contributed by atoms with E-state index in [9.17, 15) is 0 Å². The van der Waals surface area contributed by atoms with Gasteiger partial charge >= 0.3 is 0 Å². The minimum Gasteiger partial charge on any atom is -0.0791 e. The van der Waals surface area contributed by atoms with E-state index >= 15 is 0 Å². The summed E-state index contributed by atoms with van der Waals surface area (Å²) < 4.78 is 0. The predicted octanol–water partition coefficient (Wildman–Crippen LogP) is 13.2. The Morgan fingerprint density at radius 2 is 0.698 bits per heavy atom. The van der Waals surface area contributed by atoms with Crippen molar-refractivity contribution in [1.82, 2.24) is 0 Å². The van der Waals surface area contributed by atoms with E-state index in [4.69, 9.17) is 0 Å². The number of hydrogen-bond donors (Lipinski definition) is 0. The topological polar surface area (TPSA) is 0 Å². The number of allylic oxidation sites excluding steroid dienone is 4. The zero-order valence-electron chi connectivity index (χ0n) is 31.2. The van der Waals surface area contributed by atoms with Gasteiger partial charge in [0.1, 0.15) is 8.07 Å². The molecule has 0 fully saturated rings. The zero-order chi connectivity index (χ0) is 35.7. The average Bonchev–Trinajstić information content (AvgIpc) is 4.03. The first-order valence-corrected chi connectivity index (χ1v) is 25.5. The molecule has 264 valence electrons. The Bertz CT molecular complexity index is 2080. The van der Waals surface area contributed by atoms with E-state index in [0.29, 0.717) is 22.2 Å². The summed E-state index contributed by atoms with van der Waals surface area (Å²) in [4.78, 5) is 0. The number of fused-ring (bicyclic) bond motifs is 4. The SMILES string of the molecule is C[Si](CCCCCCCC[Si](c1ccccc1)(C1C=Cc2ccccc21)C1C=Cc2ccccc21)(C1C=Cc2ccccc21)C1C=Cc2ccccc21. The molecule has 4 atom stereocenters. The van der Waals surface area contributed by atoms with Crippen molar-refractivity contribution in [1.29, 1.82) is 0 Å². The number of unbranched alkanes of at least 4 members (excludes halogenated alkanes) is 5. The van der Waals surface area contributed by atoms with Crippen LogP contribution < -0.4 is 5.19 Å². The highest BCUT2D eigenvalue weighted by atomic mass is 28.3. The molecule has 0 aliphatic heterocycles. The first kappa shape index (κ1) is 34.3. The van der Waals surface area contributed by atoms with Crippen LogP contribution in [0, 0.1) is 0 Å². The predicted molar refractivity (Wildman–Crippen MR) is 234 cm³/mol. The van der Waals surface area contributed by atoms with E-state index in [1.54, 1.807) is 27.4 Å². The van der Waals surface area contributed by atoms with Crippen LogP contribution in [0.15, 0.2) is 152 Å². The van der Waals surface area contributed by atoms with Crippen LogP contribution in [0.4, 0.5) is 0 Å². The second-order valence-corrected chi connectivity index (χ2v) is 25.6. The fourth-order valence-corrected chi connectivity index (χ4v) is 22.2. The van der Waals surface area contributed by atoms with Gasteiger partial charge < -0.3 is 0 Å². The molecule has 0 spiro atoms. The normalized spacial score (nSPS) is 22.3. The van der Waals surface area contributed by atoms with Gasteiger partial charge in [0.2, 0.25) is 0 Å². The Labute approximate surface area is 319 Å². The van der Waals surface area contributed by atoms with Crippen LogP contribution in [0.3, 0.4) is 0 Å². The van der Waals surface area contributed by atoms with Crippen LogP contribution in [0.1, 0.15) is 105 Å². The molecule has 0 amide bonds. The van der Waals surface area contributed by atoms with Gasteiger partial charge in [0.15, 0.2) is 0 Å². The fourth-order valence-electron chi connectivity index (χ4n) is 10.9. The lowest BCUT2D eigenvalue weighted by Gasteiger charge is -2.43. The van der Waals surface area contributed by atoms with Crippen molar-refractivity contribution in [3.8, 4) is 0 Å². The first-order chi connectivity index (χ1) is 26.2. The maximum atomic E-state index is 2.72. The lowest BCUT2D eigenvalue weighted by molar-refractivity contribution is 0.617. The summed E-state index contributed by atoms with van der Waals surface area (Å²) in [5.74, 6) is 0. The standard InChI is InChI=1S/C51H52Si2/c1-52(48-33-29-39-19-9-13-25-44(39)48,49-34-30-40-20-10-14-26-45(40)49)37-17-4-2-3-5-18-38-53(43-23-7-6-8-24-43,50-35-31-41-21-11-15-27-46(41)50)51-36-32-42-22-12-16-28-47(42)51/h6-16,19-36,48-51H,2-5,17-18,37-38H2,1H3. The summed E-state index contributed by atoms with van der Waals surface area (Å²) in [7, 11) is -3.97. The van der Waals surface area contributed by atoms with Gasteiger partial charge in [-0.1, -0.05) is 238 Å². The number of hydrogen-bond acceptors (Lipinski definition) is 0. The van der Waals surface area contributed by atoms with Crippen molar-refractivity contribution in [3.05, 3.63) is 196 Å². The van der Waals surface area contributed by atoms with E-state index in [-0.39, 0.29) is 0 Å². The molecule has 0 N–H and O–H groups in total. The van der Waals surface area contributed by atoms with Crippen LogP contribution >= 0.6 is 0 Å². The molecule has 4 aliphatic carbocycles. The molecule has 4 aliphatic rings. The van der Waals surface area contributed by atoms with Crippen LogP contribution in [0.25, 0.3) is 24.3 Å². The van der Waals surface area contributed by atoms with Crippen molar-refractivity contribution in [2.45, 2.75) is 79.3 Å². The summed E-state index contributed by atoms with van der Waals surface area (Å²) in [5, 5.41) is 1.62. The largest absolute Gasteiger partial charge is 0.109 e. The Morgan fingerprint density at radius 3 is 1.15 bits per heavy atom. The Morgan fingerprint density at radius 1 is 0.358 bits per heavy atom. The molecule has 0 radical (unpaired) electrons. The quantitative estimate of drug-likeness (QED) is 0.0791. The summed E-state index contributed by atoms with van der Waals surface area (Å²) >= 11 is 0. The maximum absolute atomic E-state index is 2.72. The molecule has 2 heteroatoms. The fraction of sp³-hybridized carbons (Fsp3) is 0.255. The molecule has 0 bridgehead atoms. The van der Waals surface area contributed by atoms with Crippen LogP contribution in [0.5, 0.6) is 0 Å². The summed E-state index contributed by atoms with van der Waals surface area (Å²) in [6.07, 6.45) is 28.0. The van der Waals surface area contributed by atoms with E-state index in [1.165, 1.54) is 72.9 Å². The van der Waals surface area contributed by atoms with Crippen molar-refractivity contribution in [3.63, 3.8) is 0 Å². The van der Waals surface area contributed by atoms with Gasteiger partial charge in [-0.25, -0.2) is 0 Å². The van der Waals surface area contributed by atoms with Crippen molar-refractivity contribution in [2.24, 2.45) is 0 Å².